The van der Waals surface area contributed by atoms with Crippen molar-refractivity contribution in [2.24, 2.45) is 0 Å². The molecule has 0 fully saturated rings. The highest BCUT2D eigenvalue weighted by Crippen LogP contribution is 2.36. The second-order valence-corrected chi connectivity index (χ2v) is 4.79. The molecule has 1 aromatic rings. The summed E-state index contributed by atoms with van der Waals surface area (Å²) in [5.74, 6) is 0.114. The van der Waals surface area contributed by atoms with Crippen LogP contribution in [0.2, 0.25) is 0 Å². The monoisotopic (exact) mass is 243 g/mol. The van der Waals surface area contributed by atoms with Crippen molar-refractivity contribution in [1.29, 1.82) is 0 Å². The quantitative estimate of drug-likeness (QED) is 0.796. The van der Waals surface area contributed by atoms with Gasteiger partial charge < -0.3 is 5.32 Å². The van der Waals surface area contributed by atoms with E-state index < -0.39 is 11.7 Å². The van der Waals surface area contributed by atoms with Crippen LogP contribution in [0.1, 0.15) is 42.0 Å². The van der Waals surface area contributed by atoms with E-state index in [2.05, 4.69) is 5.32 Å². The minimum absolute atomic E-state index is 0.114. The van der Waals surface area contributed by atoms with Gasteiger partial charge in [0.25, 0.3) is 0 Å². The van der Waals surface area contributed by atoms with Crippen LogP contribution in [0.3, 0.4) is 0 Å². The Morgan fingerprint density at radius 2 is 1.94 bits per heavy atom. The lowest BCUT2D eigenvalue weighted by Gasteiger charge is -2.24. The van der Waals surface area contributed by atoms with E-state index in [1.54, 1.807) is 0 Å². The van der Waals surface area contributed by atoms with Crippen molar-refractivity contribution < 1.29 is 13.2 Å². The van der Waals surface area contributed by atoms with E-state index >= 15 is 0 Å². The maximum absolute atomic E-state index is 13.0. The molecule has 1 nitrogen and oxygen atoms in total. The molecule has 17 heavy (non-hydrogen) atoms. The zero-order valence-corrected chi connectivity index (χ0v) is 9.99. The summed E-state index contributed by atoms with van der Waals surface area (Å²) in [7, 11) is 0. The zero-order valence-electron chi connectivity index (χ0n) is 9.99. The molecule has 1 aromatic carbocycles. The fourth-order valence-electron chi connectivity index (χ4n) is 2.23. The second kappa shape index (κ2) is 4.33. The van der Waals surface area contributed by atoms with E-state index in [4.69, 9.17) is 0 Å². The summed E-state index contributed by atoms with van der Waals surface area (Å²) in [6.07, 6.45) is -3.78. The predicted octanol–water partition coefficient (Wildman–Crippen LogP) is 3.47. The first-order valence-corrected chi connectivity index (χ1v) is 5.83. The van der Waals surface area contributed by atoms with Crippen molar-refractivity contribution in [3.63, 3.8) is 0 Å². The van der Waals surface area contributed by atoms with Crippen molar-refractivity contribution in [2.45, 2.75) is 38.9 Å². The average molecular weight is 243 g/mol. The van der Waals surface area contributed by atoms with Gasteiger partial charge in [-0.1, -0.05) is 19.9 Å². The Bertz CT molecular complexity index is 421. The molecule has 0 saturated carbocycles. The van der Waals surface area contributed by atoms with E-state index in [0.29, 0.717) is 25.1 Å². The molecule has 0 saturated heterocycles. The standard InChI is InChI=1S/C13H16F3N/c1-8(2)9-5-10-7-17-4-3-11(10)12(6-9)13(14,15)16/h5-6,8,17H,3-4,7H2,1-2H3. The number of halogens is 3. The highest BCUT2D eigenvalue weighted by molar-refractivity contribution is 5.43. The summed E-state index contributed by atoms with van der Waals surface area (Å²) >= 11 is 0. The number of benzene rings is 1. The summed E-state index contributed by atoms with van der Waals surface area (Å²) in [4.78, 5) is 0. The van der Waals surface area contributed by atoms with Gasteiger partial charge in [-0.15, -0.1) is 0 Å². The number of fused-ring (bicyclic) bond motifs is 1. The van der Waals surface area contributed by atoms with E-state index in [9.17, 15) is 13.2 Å². The number of nitrogens with one attached hydrogen (secondary N) is 1. The summed E-state index contributed by atoms with van der Waals surface area (Å²) in [5, 5.41) is 3.12. The van der Waals surface area contributed by atoms with Crippen LogP contribution < -0.4 is 5.32 Å². The van der Waals surface area contributed by atoms with Gasteiger partial charge in [-0.3, -0.25) is 0 Å². The van der Waals surface area contributed by atoms with Crippen LogP contribution in [0.4, 0.5) is 13.2 Å². The molecule has 0 amide bonds. The van der Waals surface area contributed by atoms with Crippen LogP contribution in [-0.2, 0) is 19.1 Å². The van der Waals surface area contributed by atoms with Crippen LogP contribution in [0.15, 0.2) is 12.1 Å². The number of hydrogen-bond acceptors (Lipinski definition) is 1. The Balaban J connectivity index is 2.58. The molecule has 1 aliphatic heterocycles. The SMILES string of the molecule is CC(C)c1cc2c(c(C(F)(F)F)c1)CCNC2. The first-order valence-electron chi connectivity index (χ1n) is 5.83. The maximum atomic E-state index is 13.0. The summed E-state index contributed by atoms with van der Waals surface area (Å²) in [5.41, 5.74) is 1.59. The minimum atomic E-state index is -4.24. The van der Waals surface area contributed by atoms with E-state index in [0.717, 1.165) is 11.1 Å². The molecular formula is C13H16F3N. The van der Waals surface area contributed by atoms with E-state index in [1.807, 2.05) is 19.9 Å². The fraction of sp³-hybridized carbons (Fsp3) is 0.538. The van der Waals surface area contributed by atoms with E-state index in [-0.39, 0.29) is 5.92 Å². The highest BCUT2D eigenvalue weighted by Gasteiger charge is 2.35. The molecule has 0 radical (unpaired) electrons. The Hall–Kier alpha value is -1.03. The molecular weight excluding hydrogens is 227 g/mol. The lowest BCUT2D eigenvalue weighted by atomic mass is 9.89. The molecule has 0 aliphatic carbocycles. The average Bonchev–Trinajstić information content (AvgIpc) is 2.26. The van der Waals surface area contributed by atoms with Crippen molar-refractivity contribution in [2.75, 3.05) is 6.54 Å². The third-order valence-electron chi connectivity index (χ3n) is 3.20. The molecule has 94 valence electrons. The van der Waals surface area contributed by atoms with Gasteiger partial charge in [-0.25, -0.2) is 0 Å². The third-order valence-corrected chi connectivity index (χ3v) is 3.20. The third kappa shape index (κ3) is 2.46. The first-order chi connectivity index (χ1) is 7.89. The first kappa shape index (κ1) is 12.4. The highest BCUT2D eigenvalue weighted by atomic mass is 19.4. The largest absolute Gasteiger partial charge is 0.416 e. The second-order valence-electron chi connectivity index (χ2n) is 4.79. The Labute approximate surface area is 99.0 Å². The number of rotatable bonds is 1. The fourth-order valence-corrected chi connectivity index (χ4v) is 2.23. The molecule has 1 N–H and O–H groups in total. The topological polar surface area (TPSA) is 12.0 Å². The predicted molar refractivity (Wildman–Crippen MR) is 60.9 cm³/mol. The van der Waals surface area contributed by atoms with Gasteiger partial charge in [0.2, 0.25) is 0 Å². The Morgan fingerprint density at radius 3 is 2.53 bits per heavy atom. The maximum Gasteiger partial charge on any atom is 0.416 e. The van der Waals surface area contributed by atoms with Crippen molar-refractivity contribution in [1.82, 2.24) is 5.32 Å². The van der Waals surface area contributed by atoms with Gasteiger partial charge in [0.05, 0.1) is 5.56 Å². The van der Waals surface area contributed by atoms with Gasteiger partial charge in [-0.2, -0.15) is 13.2 Å². The molecule has 0 aromatic heterocycles. The van der Waals surface area contributed by atoms with Crippen molar-refractivity contribution >= 4 is 0 Å². The van der Waals surface area contributed by atoms with Gasteiger partial charge in [0.1, 0.15) is 0 Å². The Kier molecular flexibility index (Phi) is 3.17. The van der Waals surface area contributed by atoms with Crippen molar-refractivity contribution in [3.05, 3.63) is 34.4 Å². The van der Waals surface area contributed by atoms with Crippen LogP contribution in [0, 0.1) is 0 Å². The molecule has 4 heteroatoms. The van der Waals surface area contributed by atoms with Gasteiger partial charge >= 0.3 is 6.18 Å². The van der Waals surface area contributed by atoms with Crippen LogP contribution in [0.5, 0.6) is 0 Å². The lowest BCUT2D eigenvalue weighted by Crippen LogP contribution is -2.26. The van der Waals surface area contributed by atoms with Crippen LogP contribution >= 0.6 is 0 Å². The number of alkyl halides is 3. The smallest absolute Gasteiger partial charge is 0.312 e. The summed E-state index contributed by atoms with van der Waals surface area (Å²) in [6.45, 7) is 4.99. The molecule has 0 atom stereocenters. The molecule has 1 aliphatic rings. The number of hydrogen-bond donors (Lipinski definition) is 1. The minimum Gasteiger partial charge on any atom is -0.312 e. The van der Waals surface area contributed by atoms with Gasteiger partial charge in [0, 0.05) is 6.54 Å². The molecule has 0 unspecified atom stereocenters. The zero-order chi connectivity index (χ0) is 12.6. The van der Waals surface area contributed by atoms with Gasteiger partial charge in [-0.05, 0) is 41.6 Å². The van der Waals surface area contributed by atoms with Crippen molar-refractivity contribution in [3.8, 4) is 0 Å². The molecule has 2 rings (SSSR count). The van der Waals surface area contributed by atoms with E-state index in [1.165, 1.54) is 6.07 Å². The summed E-state index contributed by atoms with van der Waals surface area (Å²) < 4.78 is 39.0. The van der Waals surface area contributed by atoms with Crippen LogP contribution in [0.25, 0.3) is 0 Å². The van der Waals surface area contributed by atoms with Gasteiger partial charge in [0.15, 0.2) is 0 Å². The molecule has 1 heterocycles. The molecule has 0 spiro atoms. The normalized spacial score (nSPS) is 16.1. The lowest BCUT2D eigenvalue weighted by molar-refractivity contribution is -0.138. The van der Waals surface area contributed by atoms with Crippen LogP contribution in [-0.4, -0.2) is 6.54 Å². The summed E-state index contributed by atoms with van der Waals surface area (Å²) in [6, 6.07) is 3.22. The molecule has 0 bridgehead atoms. The Morgan fingerprint density at radius 1 is 1.24 bits per heavy atom.